The van der Waals surface area contributed by atoms with E-state index < -0.39 is 41.4 Å². The highest BCUT2D eigenvalue weighted by Gasteiger charge is 2.42. The topological polar surface area (TPSA) is 105 Å². The van der Waals surface area contributed by atoms with Crippen molar-refractivity contribution < 1.29 is 51.3 Å². The minimum atomic E-state index is -5.42. The maximum absolute atomic E-state index is 13.6. The van der Waals surface area contributed by atoms with Gasteiger partial charge in [-0.1, -0.05) is 72.1 Å². The Kier molecular flexibility index (Phi) is 10.2. The van der Waals surface area contributed by atoms with Gasteiger partial charge >= 0.3 is 30.2 Å². The fourth-order valence-electron chi connectivity index (χ4n) is 6.63. The van der Waals surface area contributed by atoms with Crippen LogP contribution in [0.1, 0.15) is 22.3 Å². The maximum atomic E-state index is 13.6. The smallest absolute Gasteiger partial charge is 0.465 e. The van der Waals surface area contributed by atoms with Crippen LogP contribution < -0.4 is 0 Å². The number of carbonyl (C=O) groups excluding carboxylic acids is 4. The van der Waals surface area contributed by atoms with Gasteiger partial charge in [0.2, 0.25) is 0 Å². The number of fused-ring (bicyclic) bond motifs is 6. The molecule has 276 valence electrons. The number of alkyl halides is 3. The lowest BCUT2D eigenvalue weighted by Crippen LogP contribution is -2.25. The molecule has 0 unspecified atom stereocenters. The van der Waals surface area contributed by atoms with Gasteiger partial charge < -0.3 is 18.9 Å². The van der Waals surface area contributed by atoms with Crippen LogP contribution in [0, 0.1) is 0 Å². The molecule has 5 aromatic carbocycles. The van der Waals surface area contributed by atoms with Crippen LogP contribution in [-0.2, 0) is 38.1 Å². The second-order valence-electron chi connectivity index (χ2n) is 12.0. The summed E-state index contributed by atoms with van der Waals surface area (Å²) in [6.45, 7) is 0. The summed E-state index contributed by atoms with van der Waals surface area (Å²) in [5.74, 6) is -5.32. The number of benzene rings is 5. The Morgan fingerprint density at radius 3 is 1.18 bits per heavy atom. The summed E-state index contributed by atoms with van der Waals surface area (Å²) in [6.07, 6.45) is -5.42. The van der Waals surface area contributed by atoms with Crippen molar-refractivity contribution in [1.29, 1.82) is 0 Å². The molecule has 0 atom stereocenters. The zero-order valence-corrected chi connectivity index (χ0v) is 30.7. The summed E-state index contributed by atoms with van der Waals surface area (Å²) < 4.78 is 59.5. The molecule has 0 saturated heterocycles. The molecule has 0 heterocycles. The monoisotopic (exact) mass is 780 g/mol. The number of methoxy groups -OCH3 is 3. The van der Waals surface area contributed by atoms with E-state index in [4.69, 9.17) is 14.2 Å². The molecule has 2 aliphatic carbocycles. The zero-order valence-electron chi connectivity index (χ0n) is 29.1. The minimum Gasteiger partial charge on any atom is -0.465 e. The standard InChI is InChI=1S/C42H27F3O8S2/c1-50-38(46)36(39(47)51-2)34-30-18-24(54-22-10-6-4-7-11-22)14-16-26(30)28-20-29-27-17-15-25(55-23-12-8-5-9-13-23)19-31(27)35(33(29)21-32(28)34)37(40(48)52-3)41(49)53-42(43,44)45/h4-21H,1-3H3/b37-35+. The molecule has 0 bridgehead atoms. The predicted octanol–water partition coefficient (Wildman–Crippen LogP) is 9.14. The van der Waals surface area contributed by atoms with Gasteiger partial charge in [-0.2, -0.15) is 0 Å². The fraction of sp³-hybridized carbons (Fsp3) is 0.0952. The molecule has 0 aromatic heterocycles. The van der Waals surface area contributed by atoms with Gasteiger partial charge in [0.25, 0.3) is 0 Å². The summed E-state index contributed by atoms with van der Waals surface area (Å²) >= 11 is 2.81. The lowest BCUT2D eigenvalue weighted by Gasteiger charge is -2.14. The van der Waals surface area contributed by atoms with E-state index in [1.165, 1.54) is 23.5 Å². The number of hydrogen-bond acceptors (Lipinski definition) is 10. The summed E-state index contributed by atoms with van der Waals surface area (Å²) in [7, 11) is 3.17. The van der Waals surface area contributed by atoms with E-state index >= 15 is 0 Å². The Balaban J connectivity index is 1.52. The number of halogens is 3. The van der Waals surface area contributed by atoms with E-state index in [1.54, 1.807) is 24.3 Å². The van der Waals surface area contributed by atoms with Crippen molar-refractivity contribution in [3.05, 3.63) is 143 Å². The van der Waals surface area contributed by atoms with Crippen molar-refractivity contribution in [3.63, 3.8) is 0 Å². The molecule has 5 aromatic rings. The van der Waals surface area contributed by atoms with Gasteiger partial charge in [-0.15, -0.1) is 13.2 Å². The Labute approximate surface area is 320 Å². The van der Waals surface area contributed by atoms with Gasteiger partial charge in [0.15, 0.2) is 11.1 Å². The van der Waals surface area contributed by atoms with E-state index in [1.807, 2.05) is 84.9 Å². The van der Waals surface area contributed by atoms with Crippen LogP contribution >= 0.6 is 23.5 Å². The quantitative estimate of drug-likeness (QED) is 0.0488. The van der Waals surface area contributed by atoms with Gasteiger partial charge in [-0.3, -0.25) is 0 Å². The third kappa shape index (κ3) is 7.16. The molecule has 0 aliphatic heterocycles. The van der Waals surface area contributed by atoms with Crippen LogP contribution in [0.2, 0.25) is 0 Å². The molecule has 0 spiro atoms. The molecule has 0 radical (unpaired) electrons. The van der Waals surface area contributed by atoms with Gasteiger partial charge in [0.05, 0.1) is 21.3 Å². The Morgan fingerprint density at radius 1 is 0.436 bits per heavy atom. The van der Waals surface area contributed by atoms with Crippen molar-refractivity contribution in [2.45, 2.75) is 25.9 Å². The molecular weight excluding hydrogens is 754 g/mol. The molecule has 0 amide bonds. The lowest BCUT2D eigenvalue weighted by molar-refractivity contribution is -0.303. The van der Waals surface area contributed by atoms with E-state index in [9.17, 15) is 32.3 Å². The minimum absolute atomic E-state index is 0.134. The van der Waals surface area contributed by atoms with Crippen molar-refractivity contribution >= 4 is 58.5 Å². The predicted molar refractivity (Wildman–Crippen MR) is 199 cm³/mol. The first-order valence-electron chi connectivity index (χ1n) is 16.4. The third-order valence-corrected chi connectivity index (χ3v) is 10.8. The van der Waals surface area contributed by atoms with Crippen LogP contribution in [0.4, 0.5) is 13.2 Å². The first-order valence-corrected chi connectivity index (χ1v) is 18.0. The highest BCUT2D eigenvalue weighted by molar-refractivity contribution is 7.99. The highest BCUT2D eigenvalue weighted by Crippen LogP contribution is 2.55. The largest absolute Gasteiger partial charge is 0.575 e. The van der Waals surface area contributed by atoms with Crippen molar-refractivity contribution in [2.75, 3.05) is 21.3 Å². The van der Waals surface area contributed by atoms with Crippen molar-refractivity contribution in [3.8, 4) is 22.3 Å². The molecule has 0 saturated carbocycles. The number of hydrogen-bond donors (Lipinski definition) is 0. The summed E-state index contributed by atoms with van der Waals surface area (Å²) in [5, 5.41) is 0. The van der Waals surface area contributed by atoms with Crippen molar-refractivity contribution in [1.82, 2.24) is 0 Å². The van der Waals surface area contributed by atoms with E-state index in [2.05, 4.69) is 4.74 Å². The Morgan fingerprint density at radius 2 is 0.800 bits per heavy atom. The molecule has 13 heteroatoms. The maximum Gasteiger partial charge on any atom is 0.575 e. The number of carbonyl (C=O) groups is 4. The lowest BCUT2D eigenvalue weighted by atomic mass is 9.92. The van der Waals surface area contributed by atoms with Gasteiger partial charge in [0.1, 0.15) is 0 Å². The first-order chi connectivity index (χ1) is 26.4. The second kappa shape index (κ2) is 15.0. The number of ether oxygens (including phenoxy) is 4. The summed E-state index contributed by atoms with van der Waals surface area (Å²) in [6, 6.07) is 32.9. The molecule has 0 fully saturated rings. The van der Waals surface area contributed by atoms with E-state index in [0.717, 1.165) is 36.0 Å². The molecular formula is C42H27F3O8S2. The summed E-state index contributed by atoms with van der Waals surface area (Å²) in [4.78, 5) is 56.7. The van der Waals surface area contributed by atoms with Crippen LogP contribution in [0.3, 0.4) is 0 Å². The molecule has 55 heavy (non-hydrogen) atoms. The van der Waals surface area contributed by atoms with Gasteiger partial charge in [-0.05, 0) is 105 Å². The van der Waals surface area contributed by atoms with Crippen LogP contribution in [0.15, 0.2) is 140 Å². The zero-order chi connectivity index (χ0) is 39.0. The van der Waals surface area contributed by atoms with Crippen molar-refractivity contribution in [2.24, 2.45) is 0 Å². The van der Waals surface area contributed by atoms with Crippen LogP contribution in [-0.4, -0.2) is 51.6 Å². The van der Waals surface area contributed by atoms with Gasteiger partial charge in [-0.25, -0.2) is 19.2 Å². The Bertz CT molecular complexity index is 2460. The van der Waals surface area contributed by atoms with Crippen LogP contribution in [0.5, 0.6) is 0 Å². The third-order valence-electron chi connectivity index (χ3n) is 8.84. The number of esters is 4. The molecule has 7 rings (SSSR count). The normalized spacial score (nSPS) is 13.2. The fourth-order valence-corrected chi connectivity index (χ4v) is 8.39. The van der Waals surface area contributed by atoms with E-state index in [0.29, 0.717) is 38.3 Å². The molecule has 0 N–H and O–H groups in total. The summed E-state index contributed by atoms with van der Waals surface area (Å²) in [5.41, 5.74) is 1.91. The average Bonchev–Trinajstić information content (AvgIpc) is 3.64. The SMILES string of the molecule is COC(=O)C(C(=O)OC)=C1c2cc(Sc3ccccc3)ccc2-c2cc3c(cc21)/C(=C(\C(=O)OC)C(=O)OC(F)(F)F)c1cc(Sc2ccccc2)ccc1-3. The first kappa shape index (κ1) is 37.3. The molecule has 8 nitrogen and oxygen atoms in total. The Hall–Kier alpha value is -6.05. The van der Waals surface area contributed by atoms with Gasteiger partial charge in [0, 0.05) is 30.7 Å². The van der Waals surface area contributed by atoms with E-state index in [-0.39, 0.29) is 22.3 Å². The van der Waals surface area contributed by atoms with Crippen LogP contribution in [0.25, 0.3) is 33.4 Å². The second-order valence-corrected chi connectivity index (χ2v) is 14.3. The average molecular weight is 781 g/mol. The highest BCUT2D eigenvalue weighted by atomic mass is 32.2. The number of rotatable bonds is 8. The molecule has 2 aliphatic rings.